The third-order valence-corrected chi connectivity index (χ3v) is 8.71. The Hall–Kier alpha value is -4.08. The first-order valence-corrected chi connectivity index (χ1v) is 13.7. The van der Waals surface area contributed by atoms with Crippen molar-refractivity contribution in [3.05, 3.63) is 94.0 Å². The van der Waals surface area contributed by atoms with Gasteiger partial charge < -0.3 is 4.74 Å². The SMILES string of the molecule is C[C@H]1[C@@H](c2cc(C(F)(F)F)cc(C(F)(F)F)c2)OC(=O)N1Cc1cc(C(F)(F)F)ccc1C1=Nc2ccccc2S1(=O)=O. The lowest BCUT2D eigenvalue weighted by Gasteiger charge is -2.24. The summed E-state index contributed by atoms with van der Waals surface area (Å²) in [6, 6.07) is 7.00. The van der Waals surface area contributed by atoms with Crippen LogP contribution >= 0.6 is 0 Å². The van der Waals surface area contributed by atoms with E-state index in [1.165, 1.54) is 31.2 Å². The fraction of sp³-hybridized carbons (Fsp3) is 0.259. The van der Waals surface area contributed by atoms with Crippen LogP contribution in [0.3, 0.4) is 0 Å². The molecule has 3 aromatic rings. The second-order valence-electron chi connectivity index (χ2n) is 9.77. The summed E-state index contributed by atoms with van der Waals surface area (Å²) in [6.07, 6.45) is -18.2. The van der Waals surface area contributed by atoms with Crippen LogP contribution in [0.4, 0.5) is 50.0 Å². The van der Waals surface area contributed by atoms with Crippen molar-refractivity contribution in [3.63, 3.8) is 0 Å². The fourth-order valence-electron chi connectivity index (χ4n) is 4.85. The molecule has 0 aromatic heterocycles. The van der Waals surface area contributed by atoms with Crippen molar-refractivity contribution < 1.29 is 57.5 Å². The maximum Gasteiger partial charge on any atom is 0.416 e. The minimum atomic E-state index is -5.18. The molecule has 2 atom stereocenters. The van der Waals surface area contributed by atoms with Crippen LogP contribution in [-0.4, -0.2) is 30.5 Å². The third kappa shape index (κ3) is 5.55. The van der Waals surface area contributed by atoms with Crippen LogP contribution in [0.25, 0.3) is 0 Å². The van der Waals surface area contributed by atoms with E-state index in [-0.39, 0.29) is 27.8 Å². The van der Waals surface area contributed by atoms with Gasteiger partial charge in [-0.2, -0.15) is 39.5 Å². The van der Waals surface area contributed by atoms with Crippen LogP contribution in [0.5, 0.6) is 0 Å². The summed E-state index contributed by atoms with van der Waals surface area (Å²) in [5, 5.41) is -0.595. The number of hydrogen-bond acceptors (Lipinski definition) is 5. The Balaban J connectivity index is 1.56. The van der Waals surface area contributed by atoms with Crippen molar-refractivity contribution in [2.45, 2.75) is 49.0 Å². The lowest BCUT2D eigenvalue weighted by atomic mass is 9.97. The number of halogens is 9. The second-order valence-corrected chi connectivity index (χ2v) is 11.6. The number of carbonyl (C=O) groups is 1. The Morgan fingerprint density at radius 2 is 1.40 bits per heavy atom. The van der Waals surface area contributed by atoms with Gasteiger partial charge in [-0.25, -0.2) is 18.2 Å². The van der Waals surface area contributed by atoms with Crippen molar-refractivity contribution in [2.24, 2.45) is 4.99 Å². The number of ether oxygens (including phenoxy) is 1. The molecule has 2 aliphatic rings. The van der Waals surface area contributed by atoms with Crippen LogP contribution in [0.15, 0.2) is 70.6 Å². The topological polar surface area (TPSA) is 76.0 Å². The minimum Gasteiger partial charge on any atom is -0.439 e. The molecule has 0 aliphatic carbocycles. The number of nitrogens with zero attached hydrogens (tertiary/aromatic N) is 2. The number of aliphatic imine (C=N–C) groups is 1. The lowest BCUT2D eigenvalue weighted by Crippen LogP contribution is -2.32. The Morgan fingerprint density at radius 1 is 0.814 bits per heavy atom. The van der Waals surface area contributed by atoms with Gasteiger partial charge in [0.25, 0.3) is 0 Å². The highest BCUT2D eigenvalue weighted by atomic mass is 32.2. The highest BCUT2D eigenvalue weighted by Gasteiger charge is 2.44. The van der Waals surface area contributed by atoms with Crippen LogP contribution in [0.2, 0.25) is 0 Å². The largest absolute Gasteiger partial charge is 0.439 e. The Morgan fingerprint density at radius 3 is 1.95 bits per heavy atom. The molecule has 5 rings (SSSR count). The van der Waals surface area contributed by atoms with Gasteiger partial charge in [-0.15, -0.1) is 0 Å². The molecular weight excluding hydrogens is 619 g/mol. The van der Waals surface area contributed by atoms with E-state index in [0.29, 0.717) is 24.3 Å². The van der Waals surface area contributed by atoms with E-state index in [2.05, 4.69) is 4.99 Å². The quantitative estimate of drug-likeness (QED) is 0.275. The summed E-state index contributed by atoms with van der Waals surface area (Å²) >= 11 is 0. The molecule has 1 amide bonds. The number of cyclic esters (lactones) is 1. The van der Waals surface area contributed by atoms with Crippen molar-refractivity contribution in [3.8, 4) is 0 Å². The Kier molecular flexibility index (Phi) is 7.06. The first kappa shape index (κ1) is 30.4. The molecule has 3 aromatic carbocycles. The van der Waals surface area contributed by atoms with Crippen LogP contribution in [-0.2, 0) is 39.6 Å². The van der Waals surface area contributed by atoms with E-state index < -0.39 is 80.4 Å². The summed E-state index contributed by atoms with van der Waals surface area (Å²) in [4.78, 5) is 17.5. The third-order valence-electron chi connectivity index (χ3n) is 6.97. The van der Waals surface area contributed by atoms with Crippen molar-refractivity contribution in [1.29, 1.82) is 0 Å². The number of alkyl halides is 9. The first-order chi connectivity index (χ1) is 19.8. The zero-order valence-electron chi connectivity index (χ0n) is 21.5. The number of benzene rings is 3. The predicted molar refractivity (Wildman–Crippen MR) is 132 cm³/mol. The normalized spacial score (nSPS) is 20.2. The molecule has 6 nitrogen and oxygen atoms in total. The Bertz CT molecular complexity index is 1730. The van der Waals surface area contributed by atoms with Gasteiger partial charge in [-0.05, 0) is 60.5 Å². The molecule has 228 valence electrons. The highest BCUT2D eigenvalue weighted by molar-refractivity contribution is 8.07. The monoisotopic (exact) mass is 636 g/mol. The van der Waals surface area contributed by atoms with E-state index in [0.717, 1.165) is 11.0 Å². The molecule has 0 radical (unpaired) electrons. The number of sulfone groups is 1. The summed E-state index contributed by atoms with van der Waals surface area (Å²) in [6.45, 7) is 0.474. The molecule has 1 fully saturated rings. The predicted octanol–water partition coefficient (Wildman–Crippen LogP) is 7.69. The van der Waals surface area contributed by atoms with E-state index in [4.69, 9.17) is 4.74 Å². The first-order valence-electron chi connectivity index (χ1n) is 12.2. The maximum absolute atomic E-state index is 13.6. The smallest absolute Gasteiger partial charge is 0.416 e. The number of para-hydroxylation sites is 1. The molecule has 0 spiro atoms. The van der Waals surface area contributed by atoms with Crippen molar-refractivity contribution in [1.82, 2.24) is 4.90 Å². The summed E-state index contributed by atoms with van der Waals surface area (Å²) < 4.78 is 153. The number of carbonyl (C=O) groups excluding carboxylic acids is 1. The molecule has 0 N–H and O–H groups in total. The van der Waals surface area contributed by atoms with Crippen LogP contribution < -0.4 is 0 Å². The highest BCUT2D eigenvalue weighted by Crippen LogP contribution is 2.42. The average Bonchev–Trinajstić information content (AvgIpc) is 3.34. The standard InChI is InChI=1S/C27H17F9N2O4S/c1-13-22(14-8-17(26(31,32)33)11-18(9-14)27(34,35)36)42-24(39)38(13)12-15-10-16(25(28,29)30)6-7-19(15)23-37-20-4-2-3-5-21(20)43(23,40)41/h2-11,13,22H,12H2,1H3/t13-,22-/m0/s1. The number of rotatable bonds is 4. The summed E-state index contributed by atoms with van der Waals surface area (Å²) in [5.41, 5.74) is -5.76. The van der Waals surface area contributed by atoms with Gasteiger partial charge in [0.2, 0.25) is 9.84 Å². The molecule has 1 saturated heterocycles. The van der Waals surface area contributed by atoms with Crippen molar-refractivity contribution in [2.75, 3.05) is 0 Å². The molecule has 0 unspecified atom stereocenters. The van der Waals surface area contributed by atoms with Gasteiger partial charge in [0.15, 0.2) is 5.04 Å². The molecular formula is C27H17F9N2O4S. The molecule has 0 saturated carbocycles. The molecule has 16 heteroatoms. The van der Waals surface area contributed by atoms with Gasteiger partial charge in [-0.3, -0.25) is 4.90 Å². The zero-order valence-corrected chi connectivity index (χ0v) is 22.3. The zero-order chi connectivity index (χ0) is 31.7. The molecule has 0 bridgehead atoms. The lowest BCUT2D eigenvalue weighted by molar-refractivity contribution is -0.143. The minimum absolute atomic E-state index is 0.0300. The van der Waals surface area contributed by atoms with E-state index in [1.54, 1.807) is 0 Å². The van der Waals surface area contributed by atoms with E-state index in [9.17, 15) is 52.7 Å². The number of amides is 1. The maximum atomic E-state index is 13.6. The summed E-state index contributed by atoms with van der Waals surface area (Å²) in [5.74, 6) is 0. The molecule has 43 heavy (non-hydrogen) atoms. The average molecular weight is 636 g/mol. The van der Waals surface area contributed by atoms with Gasteiger partial charge in [0.1, 0.15) is 6.10 Å². The van der Waals surface area contributed by atoms with Crippen molar-refractivity contribution >= 4 is 26.7 Å². The Labute approximate surface area is 237 Å². The molecule has 2 aliphatic heterocycles. The van der Waals surface area contributed by atoms with Crippen LogP contribution in [0.1, 0.15) is 46.4 Å². The summed E-state index contributed by atoms with van der Waals surface area (Å²) in [7, 11) is -4.30. The van der Waals surface area contributed by atoms with E-state index >= 15 is 0 Å². The van der Waals surface area contributed by atoms with Gasteiger partial charge >= 0.3 is 24.6 Å². The number of hydrogen-bond donors (Lipinski definition) is 0. The van der Waals surface area contributed by atoms with Gasteiger partial charge in [-0.1, -0.05) is 18.2 Å². The fourth-order valence-corrected chi connectivity index (χ4v) is 6.41. The second kappa shape index (κ2) is 9.99. The van der Waals surface area contributed by atoms with Crippen LogP contribution in [0, 0.1) is 0 Å². The van der Waals surface area contributed by atoms with E-state index in [1.807, 2.05) is 0 Å². The molecule has 2 heterocycles. The number of fused-ring (bicyclic) bond motifs is 1. The van der Waals surface area contributed by atoms with Gasteiger partial charge in [0, 0.05) is 5.56 Å². The van der Waals surface area contributed by atoms with Gasteiger partial charge in [0.05, 0.1) is 39.9 Å².